The maximum Gasteiger partial charge on any atom is 0.0364 e. The summed E-state index contributed by atoms with van der Waals surface area (Å²) in [5.41, 5.74) is 2.92. The molecule has 0 saturated carbocycles. The van der Waals surface area contributed by atoms with Crippen LogP contribution in [0.2, 0.25) is 0 Å². The van der Waals surface area contributed by atoms with Crippen molar-refractivity contribution >= 4 is 11.8 Å². The molecule has 2 rings (SSSR count). The predicted octanol–water partition coefficient (Wildman–Crippen LogP) is 3.70. The Morgan fingerprint density at radius 1 is 1.08 bits per heavy atom. The van der Waals surface area contributed by atoms with Crippen molar-refractivity contribution in [2.45, 2.75) is 37.2 Å². The van der Waals surface area contributed by atoms with Gasteiger partial charge in [0.15, 0.2) is 0 Å². The highest BCUT2D eigenvalue weighted by atomic mass is 32.2. The van der Waals surface area contributed by atoms with E-state index < -0.39 is 0 Å². The first-order valence-electron chi connectivity index (χ1n) is 4.65. The van der Waals surface area contributed by atoms with E-state index in [-0.39, 0.29) is 9.49 Å². The number of hydrogen-bond donors (Lipinski definition) is 0. The van der Waals surface area contributed by atoms with Crippen molar-refractivity contribution in [2.24, 2.45) is 0 Å². The van der Waals surface area contributed by atoms with Crippen LogP contribution >= 0.6 is 11.8 Å². The summed E-state index contributed by atoms with van der Waals surface area (Å²) >= 11 is 2.03. The van der Waals surface area contributed by atoms with Gasteiger partial charge in [-0.15, -0.1) is 11.8 Å². The van der Waals surface area contributed by atoms with E-state index in [9.17, 15) is 0 Å². The Labute approximate surface area is 84.7 Å². The van der Waals surface area contributed by atoms with Gasteiger partial charge in [0, 0.05) is 9.49 Å². The molecule has 0 saturated heterocycles. The molecule has 69 valence electrons. The molecule has 0 spiro atoms. The molecule has 0 aliphatic carbocycles. The molecule has 0 atom stereocenters. The highest BCUT2D eigenvalue weighted by molar-refractivity contribution is 8.01. The molecule has 13 heavy (non-hydrogen) atoms. The van der Waals surface area contributed by atoms with E-state index in [1.807, 2.05) is 17.8 Å². The van der Waals surface area contributed by atoms with Crippen LogP contribution in [-0.4, -0.2) is 0 Å². The molecule has 1 heteroatoms. The standard InChI is InChI=1S/C12H15S/c1-11(2)9-7-5-6-8-10(9)12(3,4)13-11/h5,7-8H,1-4H3. The van der Waals surface area contributed by atoms with Crippen LogP contribution in [0.15, 0.2) is 18.2 Å². The van der Waals surface area contributed by atoms with Crippen LogP contribution < -0.4 is 0 Å². The smallest absolute Gasteiger partial charge is 0.0364 e. The predicted molar refractivity (Wildman–Crippen MR) is 58.9 cm³/mol. The minimum atomic E-state index is 0.247. The highest BCUT2D eigenvalue weighted by Gasteiger charge is 2.41. The lowest BCUT2D eigenvalue weighted by atomic mass is 9.91. The van der Waals surface area contributed by atoms with Crippen LogP contribution in [-0.2, 0) is 9.49 Å². The fourth-order valence-electron chi connectivity index (χ4n) is 2.20. The largest absolute Gasteiger partial charge is 0.140 e. The average Bonchev–Trinajstić information content (AvgIpc) is 2.20. The minimum absolute atomic E-state index is 0.247. The molecular formula is C12H15S. The molecule has 0 fully saturated rings. The molecule has 1 aromatic carbocycles. The Bertz CT molecular complexity index is 304. The van der Waals surface area contributed by atoms with E-state index in [1.165, 1.54) is 11.1 Å². The third-order valence-corrected chi connectivity index (χ3v) is 4.13. The Hall–Kier alpha value is -0.430. The molecule has 0 N–H and O–H groups in total. The maximum absolute atomic E-state index is 3.17. The second kappa shape index (κ2) is 2.54. The first-order chi connectivity index (χ1) is 5.93. The van der Waals surface area contributed by atoms with E-state index in [2.05, 4.69) is 45.9 Å². The molecule has 1 aliphatic heterocycles. The molecular weight excluding hydrogens is 176 g/mol. The molecule has 1 heterocycles. The van der Waals surface area contributed by atoms with Crippen molar-refractivity contribution in [2.75, 3.05) is 0 Å². The SMILES string of the molecule is CC1(C)SC(C)(C)c2cc[c]cc21. The highest BCUT2D eigenvalue weighted by Crippen LogP contribution is 2.57. The van der Waals surface area contributed by atoms with Crippen molar-refractivity contribution in [3.05, 3.63) is 35.4 Å². The Balaban J connectivity index is 2.64. The van der Waals surface area contributed by atoms with E-state index in [0.717, 1.165) is 0 Å². The van der Waals surface area contributed by atoms with Gasteiger partial charge in [0.1, 0.15) is 0 Å². The molecule has 1 aliphatic rings. The van der Waals surface area contributed by atoms with Crippen LogP contribution in [0.25, 0.3) is 0 Å². The van der Waals surface area contributed by atoms with Gasteiger partial charge in [-0.3, -0.25) is 0 Å². The molecule has 1 radical (unpaired) electrons. The van der Waals surface area contributed by atoms with Gasteiger partial charge in [-0.2, -0.15) is 0 Å². The van der Waals surface area contributed by atoms with Gasteiger partial charge in [-0.25, -0.2) is 0 Å². The van der Waals surface area contributed by atoms with Crippen molar-refractivity contribution in [3.63, 3.8) is 0 Å². The Morgan fingerprint density at radius 3 is 2.31 bits per heavy atom. The summed E-state index contributed by atoms with van der Waals surface area (Å²) < 4.78 is 0.504. The molecule has 1 aromatic rings. The summed E-state index contributed by atoms with van der Waals surface area (Å²) in [5.74, 6) is 0. The van der Waals surface area contributed by atoms with Gasteiger partial charge in [0.25, 0.3) is 0 Å². The van der Waals surface area contributed by atoms with Crippen LogP contribution in [0.3, 0.4) is 0 Å². The Kier molecular flexibility index (Phi) is 1.78. The monoisotopic (exact) mass is 191 g/mol. The van der Waals surface area contributed by atoms with Gasteiger partial charge in [0.05, 0.1) is 0 Å². The number of benzene rings is 1. The zero-order chi connectivity index (χ0) is 9.69. The molecule has 0 bridgehead atoms. The van der Waals surface area contributed by atoms with Crippen molar-refractivity contribution in [1.82, 2.24) is 0 Å². The van der Waals surface area contributed by atoms with Crippen LogP contribution in [0.5, 0.6) is 0 Å². The number of thioether (sulfide) groups is 1. The zero-order valence-electron chi connectivity index (χ0n) is 8.64. The normalized spacial score (nSPS) is 22.8. The lowest BCUT2D eigenvalue weighted by molar-refractivity contribution is 0.787. The van der Waals surface area contributed by atoms with Gasteiger partial charge < -0.3 is 0 Å². The lowest BCUT2D eigenvalue weighted by Gasteiger charge is -2.22. The van der Waals surface area contributed by atoms with Crippen molar-refractivity contribution in [3.8, 4) is 0 Å². The zero-order valence-corrected chi connectivity index (χ0v) is 9.46. The topological polar surface area (TPSA) is 0 Å². The summed E-state index contributed by atoms with van der Waals surface area (Å²) in [4.78, 5) is 0. The van der Waals surface area contributed by atoms with Crippen molar-refractivity contribution < 1.29 is 0 Å². The van der Waals surface area contributed by atoms with Crippen LogP contribution in [0, 0.1) is 6.07 Å². The van der Waals surface area contributed by atoms with E-state index in [4.69, 9.17) is 0 Å². The number of hydrogen-bond acceptors (Lipinski definition) is 1. The van der Waals surface area contributed by atoms with Gasteiger partial charge in [0.2, 0.25) is 0 Å². The van der Waals surface area contributed by atoms with Crippen molar-refractivity contribution in [1.29, 1.82) is 0 Å². The number of rotatable bonds is 0. The second-order valence-corrected chi connectivity index (χ2v) is 6.84. The summed E-state index contributed by atoms with van der Waals surface area (Å²) in [5, 5.41) is 0. The Morgan fingerprint density at radius 2 is 1.69 bits per heavy atom. The van der Waals surface area contributed by atoms with Gasteiger partial charge >= 0.3 is 0 Å². The second-order valence-electron chi connectivity index (χ2n) is 4.59. The van der Waals surface area contributed by atoms with E-state index in [0.29, 0.717) is 0 Å². The quantitative estimate of drug-likeness (QED) is 0.602. The molecule has 0 aromatic heterocycles. The molecule has 0 nitrogen and oxygen atoms in total. The fraction of sp³-hybridized carbons (Fsp3) is 0.500. The van der Waals surface area contributed by atoms with E-state index in [1.54, 1.807) is 0 Å². The average molecular weight is 191 g/mol. The molecule has 0 unspecified atom stereocenters. The summed E-state index contributed by atoms with van der Waals surface area (Å²) in [6.45, 7) is 9.18. The van der Waals surface area contributed by atoms with E-state index >= 15 is 0 Å². The number of fused-ring (bicyclic) bond motifs is 1. The third-order valence-electron chi connectivity index (χ3n) is 2.67. The summed E-state index contributed by atoms with van der Waals surface area (Å²) in [6, 6.07) is 9.53. The van der Waals surface area contributed by atoms with Gasteiger partial charge in [-0.05, 0) is 51.0 Å². The lowest BCUT2D eigenvalue weighted by Crippen LogP contribution is -2.09. The van der Waals surface area contributed by atoms with Crippen LogP contribution in [0.1, 0.15) is 38.8 Å². The van der Waals surface area contributed by atoms with Crippen LogP contribution in [0.4, 0.5) is 0 Å². The maximum atomic E-state index is 3.17. The fourth-order valence-corrected chi connectivity index (χ4v) is 4.04. The minimum Gasteiger partial charge on any atom is -0.140 e. The third kappa shape index (κ3) is 1.30. The molecule has 0 amide bonds. The van der Waals surface area contributed by atoms with Gasteiger partial charge in [-0.1, -0.05) is 12.1 Å². The first kappa shape index (κ1) is 9.14. The summed E-state index contributed by atoms with van der Waals surface area (Å²) in [7, 11) is 0. The first-order valence-corrected chi connectivity index (χ1v) is 5.46. The summed E-state index contributed by atoms with van der Waals surface area (Å²) in [6.07, 6.45) is 0.